The van der Waals surface area contributed by atoms with Crippen LogP contribution in [0.25, 0.3) is 11.5 Å². The highest BCUT2D eigenvalue weighted by atomic mass is 16.2. The summed E-state index contributed by atoms with van der Waals surface area (Å²) in [7, 11) is 0. The minimum absolute atomic E-state index is 0.0189. The van der Waals surface area contributed by atoms with E-state index in [0.29, 0.717) is 18.1 Å². The van der Waals surface area contributed by atoms with Crippen LogP contribution in [0.15, 0.2) is 43.0 Å². The van der Waals surface area contributed by atoms with Gasteiger partial charge in [0.05, 0.1) is 18.2 Å². The molecule has 4 heterocycles. The number of imidazole rings is 1. The number of aryl methyl sites for hydroxylation is 1. The molecule has 7 nitrogen and oxygen atoms in total. The van der Waals surface area contributed by atoms with Crippen molar-refractivity contribution in [3.05, 3.63) is 60.1 Å². The molecule has 0 saturated carbocycles. The minimum Gasteiger partial charge on any atom is -0.343 e. The summed E-state index contributed by atoms with van der Waals surface area (Å²) in [6.07, 6.45) is 9.17. The van der Waals surface area contributed by atoms with Gasteiger partial charge in [-0.05, 0) is 37.5 Å². The van der Waals surface area contributed by atoms with Crippen LogP contribution in [-0.2, 0) is 11.2 Å². The molecule has 0 unspecified atom stereocenters. The molecule has 1 atom stereocenters. The number of rotatable bonds is 4. The zero-order valence-corrected chi connectivity index (χ0v) is 14.6. The third kappa shape index (κ3) is 3.33. The van der Waals surface area contributed by atoms with Crippen LogP contribution < -0.4 is 0 Å². The van der Waals surface area contributed by atoms with Gasteiger partial charge in [0.1, 0.15) is 11.5 Å². The molecule has 3 aromatic heterocycles. The zero-order chi connectivity index (χ0) is 17.9. The lowest BCUT2D eigenvalue weighted by Crippen LogP contribution is -2.32. The molecule has 1 amide bonds. The standard InChI is InChI=1S/C19H20N6O/c1-13-23-15(11-16(24-13)19-21-7-8-22-19)17-5-3-9-25(17)18(26)10-14-4-2-6-20-12-14/h2,4,6-8,11-12,17H,3,5,9-10H2,1H3,(H,21,22)/t17-/m1/s1. The summed E-state index contributed by atoms with van der Waals surface area (Å²) in [6, 6.07) is 5.70. The molecule has 0 spiro atoms. The zero-order valence-electron chi connectivity index (χ0n) is 14.6. The molecule has 7 heteroatoms. The van der Waals surface area contributed by atoms with Gasteiger partial charge in [-0.15, -0.1) is 0 Å². The van der Waals surface area contributed by atoms with Crippen LogP contribution in [0.5, 0.6) is 0 Å². The maximum Gasteiger partial charge on any atom is 0.227 e. The third-order valence-corrected chi connectivity index (χ3v) is 4.59. The molecule has 1 fully saturated rings. The van der Waals surface area contributed by atoms with E-state index < -0.39 is 0 Å². The number of hydrogen-bond donors (Lipinski definition) is 1. The van der Waals surface area contributed by atoms with Crippen LogP contribution in [-0.4, -0.2) is 42.3 Å². The van der Waals surface area contributed by atoms with Crippen molar-refractivity contribution in [2.45, 2.75) is 32.2 Å². The SMILES string of the molecule is Cc1nc(-c2ncc[nH]2)cc([C@H]2CCCN2C(=O)Cc2cccnc2)n1. The van der Waals surface area contributed by atoms with E-state index >= 15 is 0 Å². The van der Waals surface area contributed by atoms with Crippen LogP contribution >= 0.6 is 0 Å². The molecule has 0 aromatic carbocycles. The summed E-state index contributed by atoms with van der Waals surface area (Å²) in [5.74, 6) is 1.50. The summed E-state index contributed by atoms with van der Waals surface area (Å²) in [6.45, 7) is 2.62. The van der Waals surface area contributed by atoms with E-state index in [0.717, 1.165) is 36.3 Å². The van der Waals surface area contributed by atoms with E-state index in [4.69, 9.17) is 0 Å². The van der Waals surface area contributed by atoms with Gasteiger partial charge in [-0.2, -0.15) is 0 Å². The minimum atomic E-state index is -0.0189. The van der Waals surface area contributed by atoms with Crippen molar-refractivity contribution in [3.8, 4) is 11.5 Å². The number of carbonyl (C=O) groups is 1. The van der Waals surface area contributed by atoms with Gasteiger partial charge in [0, 0.05) is 31.3 Å². The Morgan fingerprint density at radius 3 is 3.04 bits per heavy atom. The molecule has 132 valence electrons. The number of aromatic nitrogens is 5. The first-order chi connectivity index (χ1) is 12.7. The number of pyridine rings is 1. The Hall–Kier alpha value is -3.09. The van der Waals surface area contributed by atoms with Crippen molar-refractivity contribution >= 4 is 5.91 Å². The molecule has 3 aromatic rings. The largest absolute Gasteiger partial charge is 0.343 e. The van der Waals surface area contributed by atoms with E-state index in [1.165, 1.54) is 0 Å². The van der Waals surface area contributed by atoms with Crippen molar-refractivity contribution in [1.29, 1.82) is 0 Å². The first-order valence-electron chi connectivity index (χ1n) is 8.74. The number of nitrogens with one attached hydrogen (secondary N) is 1. The average Bonchev–Trinajstić information content (AvgIpc) is 3.34. The van der Waals surface area contributed by atoms with Crippen LogP contribution in [0.3, 0.4) is 0 Å². The van der Waals surface area contributed by atoms with Crippen LogP contribution in [0.2, 0.25) is 0 Å². The van der Waals surface area contributed by atoms with E-state index in [-0.39, 0.29) is 11.9 Å². The van der Waals surface area contributed by atoms with Crippen molar-refractivity contribution in [2.24, 2.45) is 0 Å². The van der Waals surface area contributed by atoms with Gasteiger partial charge in [-0.3, -0.25) is 9.78 Å². The molecular formula is C19H20N6O. The normalized spacial score (nSPS) is 16.8. The van der Waals surface area contributed by atoms with E-state index in [2.05, 4.69) is 24.9 Å². The lowest BCUT2D eigenvalue weighted by Gasteiger charge is -2.25. The molecule has 1 N–H and O–H groups in total. The number of nitrogens with zero attached hydrogens (tertiary/aromatic N) is 5. The van der Waals surface area contributed by atoms with Crippen LogP contribution in [0.1, 0.15) is 36.0 Å². The van der Waals surface area contributed by atoms with Gasteiger partial charge in [0.25, 0.3) is 0 Å². The predicted octanol–water partition coefficient (Wildman–Crippen LogP) is 2.48. The molecule has 1 aliphatic heterocycles. The molecule has 1 saturated heterocycles. The highest BCUT2D eigenvalue weighted by molar-refractivity contribution is 5.79. The Morgan fingerprint density at radius 2 is 2.27 bits per heavy atom. The molecule has 4 rings (SSSR count). The highest BCUT2D eigenvalue weighted by Gasteiger charge is 2.31. The van der Waals surface area contributed by atoms with Gasteiger partial charge in [-0.25, -0.2) is 15.0 Å². The number of carbonyl (C=O) groups excluding carboxylic acids is 1. The topological polar surface area (TPSA) is 87.7 Å². The van der Waals surface area contributed by atoms with Crippen LogP contribution in [0, 0.1) is 6.92 Å². The van der Waals surface area contributed by atoms with Crippen molar-refractivity contribution in [1.82, 2.24) is 29.8 Å². The number of aromatic amines is 1. The monoisotopic (exact) mass is 348 g/mol. The van der Waals surface area contributed by atoms with E-state index in [1.807, 2.05) is 30.0 Å². The molecule has 0 radical (unpaired) electrons. The fourth-order valence-electron chi connectivity index (χ4n) is 3.44. The fourth-order valence-corrected chi connectivity index (χ4v) is 3.44. The van der Waals surface area contributed by atoms with Gasteiger partial charge >= 0.3 is 0 Å². The van der Waals surface area contributed by atoms with E-state index in [9.17, 15) is 4.79 Å². The Bertz CT molecular complexity index is 894. The van der Waals surface area contributed by atoms with Crippen molar-refractivity contribution in [2.75, 3.05) is 6.54 Å². The second-order valence-electron chi connectivity index (χ2n) is 6.45. The van der Waals surface area contributed by atoms with Crippen LogP contribution in [0.4, 0.5) is 0 Å². The number of amides is 1. The Morgan fingerprint density at radius 1 is 1.35 bits per heavy atom. The first kappa shape index (κ1) is 16.4. The summed E-state index contributed by atoms with van der Waals surface area (Å²) in [5, 5.41) is 0. The predicted molar refractivity (Wildman–Crippen MR) is 96.0 cm³/mol. The second-order valence-corrected chi connectivity index (χ2v) is 6.45. The van der Waals surface area contributed by atoms with Gasteiger partial charge < -0.3 is 9.88 Å². The molecular weight excluding hydrogens is 328 g/mol. The molecule has 1 aliphatic rings. The lowest BCUT2D eigenvalue weighted by molar-refractivity contribution is -0.131. The van der Waals surface area contributed by atoms with Crippen molar-refractivity contribution < 1.29 is 4.79 Å². The highest BCUT2D eigenvalue weighted by Crippen LogP contribution is 2.32. The maximum atomic E-state index is 12.8. The van der Waals surface area contributed by atoms with Gasteiger partial charge in [0.2, 0.25) is 5.91 Å². The van der Waals surface area contributed by atoms with Gasteiger partial charge in [-0.1, -0.05) is 6.07 Å². The summed E-state index contributed by atoms with van der Waals surface area (Å²) in [5.41, 5.74) is 2.56. The summed E-state index contributed by atoms with van der Waals surface area (Å²) < 4.78 is 0. The average molecular weight is 348 g/mol. The first-order valence-corrected chi connectivity index (χ1v) is 8.74. The summed E-state index contributed by atoms with van der Waals surface area (Å²) >= 11 is 0. The van der Waals surface area contributed by atoms with Crippen molar-refractivity contribution in [3.63, 3.8) is 0 Å². The smallest absolute Gasteiger partial charge is 0.227 e. The van der Waals surface area contributed by atoms with Gasteiger partial charge in [0.15, 0.2) is 5.82 Å². The Balaban J connectivity index is 1.59. The molecule has 0 aliphatic carbocycles. The number of likely N-dealkylation sites (tertiary alicyclic amines) is 1. The Labute approximate surface area is 151 Å². The lowest BCUT2D eigenvalue weighted by atomic mass is 10.1. The third-order valence-electron chi connectivity index (χ3n) is 4.59. The quantitative estimate of drug-likeness (QED) is 0.782. The second kappa shape index (κ2) is 7.03. The maximum absolute atomic E-state index is 12.8. The molecule has 0 bridgehead atoms. The van der Waals surface area contributed by atoms with E-state index in [1.54, 1.807) is 24.8 Å². The summed E-state index contributed by atoms with van der Waals surface area (Å²) in [4.78, 5) is 35.3. The number of hydrogen-bond acceptors (Lipinski definition) is 5. The number of H-pyrrole nitrogens is 1. The fraction of sp³-hybridized carbons (Fsp3) is 0.316. The molecule has 26 heavy (non-hydrogen) atoms. The Kier molecular flexibility index (Phi) is 4.43.